The van der Waals surface area contributed by atoms with Crippen molar-refractivity contribution < 1.29 is 9.53 Å². The Kier molecular flexibility index (Phi) is 5.40. The molecule has 0 N–H and O–H groups in total. The summed E-state index contributed by atoms with van der Waals surface area (Å²) in [5, 5.41) is 0. The van der Waals surface area contributed by atoms with E-state index in [1.54, 1.807) is 7.11 Å². The Morgan fingerprint density at radius 3 is 2.37 bits per heavy atom. The van der Waals surface area contributed by atoms with E-state index >= 15 is 0 Å². The molecule has 1 saturated heterocycles. The van der Waals surface area contributed by atoms with Crippen molar-refractivity contribution in [2.75, 3.05) is 33.4 Å². The standard InChI is InChI=1S/C16H29NO2/c1-14-3-7-16(13-18,8-4-14)12-17-9-5-15(6-10-17)11-19-2/h13-15H,3-12H2,1-2H3. The first-order valence-electron chi connectivity index (χ1n) is 7.85. The van der Waals surface area contributed by atoms with Crippen LogP contribution in [0.25, 0.3) is 0 Å². The predicted octanol–water partition coefficient (Wildman–Crippen LogP) is 2.74. The van der Waals surface area contributed by atoms with E-state index in [2.05, 4.69) is 11.8 Å². The number of carbonyl (C=O) groups is 1. The lowest BCUT2D eigenvalue weighted by atomic mass is 9.71. The van der Waals surface area contributed by atoms with Gasteiger partial charge in [0.25, 0.3) is 0 Å². The van der Waals surface area contributed by atoms with E-state index in [1.807, 2.05) is 0 Å². The third-order valence-electron chi connectivity index (χ3n) is 5.17. The van der Waals surface area contributed by atoms with E-state index in [1.165, 1.54) is 32.0 Å². The van der Waals surface area contributed by atoms with Crippen molar-refractivity contribution in [3.8, 4) is 0 Å². The summed E-state index contributed by atoms with van der Waals surface area (Å²) in [4.78, 5) is 14.1. The van der Waals surface area contributed by atoms with Crippen LogP contribution in [-0.4, -0.2) is 44.5 Å². The fourth-order valence-corrected chi connectivity index (χ4v) is 3.64. The van der Waals surface area contributed by atoms with Gasteiger partial charge in [0, 0.05) is 25.7 Å². The van der Waals surface area contributed by atoms with Gasteiger partial charge in [-0.05, 0) is 63.5 Å². The van der Waals surface area contributed by atoms with Crippen molar-refractivity contribution in [1.29, 1.82) is 0 Å². The number of rotatable bonds is 5. The van der Waals surface area contributed by atoms with Crippen LogP contribution in [0, 0.1) is 17.3 Å². The van der Waals surface area contributed by atoms with Crippen LogP contribution in [0.1, 0.15) is 45.4 Å². The molecular formula is C16H29NO2. The second-order valence-electron chi connectivity index (χ2n) is 6.84. The first-order valence-corrected chi connectivity index (χ1v) is 7.85. The lowest BCUT2D eigenvalue weighted by Gasteiger charge is -2.41. The molecular weight excluding hydrogens is 238 g/mol. The molecule has 2 rings (SSSR count). The summed E-state index contributed by atoms with van der Waals surface area (Å²) in [7, 11) is 1.79. The molecule has 2 aliphatic rings. The maximum absolute atomic E-state index is 11.6. The summed E-state index contributed by atoms with van der Waals surface area (Å²) < 4.78 is 5.24. The lowest BCUT2D eigenvalue weighted by Crippen LogP contribution is -2.44. The minimum atomic E-state index is -0.0411. The summed E-state index contributed by atoms with van der Waals surface area (Å²) in [6, 6.07) is 0. The molecule has 0 amide bonds. The number of piperidine rings is 1. The summed E-state index contributed by atoms with van der Waals surface area (Å²) in [5.41, 5.74) is -0.0411. The van der Waals surface area contributed by atoms with Crippen LogP contribution >= 0.6 is 0 Å². The molecule has 0 aromatic rings. The average Bonchev–Trinajstić information content (AvgIpc) is 2.44. The van der Waals surface area contributed by atoms with E-state index in [0.29, 0.717) is 0 Å². The summed E-state index contributed by atoms with van der Waals surface area (Å²) in [6.07, 6.45) is 8.33. The SMILES string of the molecule is COCC1CCN(CC2(C=O)CCC(C)CC2)CC1. The molecule has 0 atom stereocenters. The van der Waals surface area contributed by atoms with Gasteiger partial charge in [-0.1, -0.05) is 6.92 Å². The maximum atomic E-state index is 11.6. The fraction of sp³-hybridized carbons (Fsp3) is 0.938. The van der Waals surface area contributed by atoms with Crippen molar-refractivity contribution in [1.82, 2.24) is 4.90 Å². The van der Waals surface area contributed by atoms with Crippen molar-refractivity contribution in [2.45, 2.75) is 45.4 Å². The highest BCUT2D eigenvalue weighted by atomic mass is 16.5. The van der Waals surface area contributed by atoms with Gasteiger partial charge < -0.3 is 14.4 Å². The number of likely N-dealkylation sites (tertiary alicyclic amines) is 1. The van der Waals surface area contributed by atoms with Gasteiger partial charge in [-0.25, -0.2) is 0 Å². The third kappa shape index (κ3) is 4.03. The minimum Gasteiger partial charge on any atom is -0.384 e. The van der Waals surface area contributed by atoms with Crippen LogP contribution in [0.15, 0.2) is 0 Å². The molecule has 1 aliphatic heterocycles. The molecule has 0 spiro atoms. The number of ether oxygens (including phenoxy) is 1. The van der Waals surface area contributed by atoms with Gasteiger partial charge in [-0.2, -0.15) is 0 Å². The van der Waals surface area contributed by atoms with Gasteiger partial charge in [-0.15, -0.1) is 0 Å². The molecule has 0 aromatic carbocycles. The monoisotopic (exact) mass is 267 g/mol. The van der Waals surface area contributed by atoms with Crippen LogP contribution in [0.4, 0.5) is 0 Å². The van der Waals surface area contributed by atoms with Crippen LogP contribution in [0.2, 0.25) is 0 Å². The van der Waals surface area contributed by atoms with E-state index < -0.39 is 0 Å². The van der Waals surface area contributed by atoms with Gasteiger partial charge in [0.2, 0.25) is 0 Å². The van der Waals surface area contributed by atoms with Gasteiger partial charge in [0.1, 0.15) is 6.29 Å². The molecule has 19 heavy (non-hydrogen) atoms. The van der Waals surface area contributed by atoms with Gasteiger partial charge in [0.05, 0.1) is 0 Å². The van der Waals surface area contributed by atoms with Crippen LogP contribution in [-0.2, 0) is 9.53 Å². The Balaban J connectivity index is 1.81. The molecule has 0 unspecified atom stereocenters. The highest BCUT2D eigenvalue weighted by Gasteiger charge is 2.36. The van der Waals surface area contributed by atoms with E-state index in [9.17, 15) is 4.79 Å². The van der Waals surface area contributed by atoms with Crippen LogP contribution < -0.4 is 0 Å². The summed E-state index contributed by atoms with van der Waals surface area (Å²) in [6.45, 7) is 6.47. The van der Waals surface area contributed by atoms with Gasteiger partial charge in [0.15, 0.2) is 0 Å². The zero-order valence-electron chi connectivity index (χ0n) is 12.6. The second-order valence-corrected chi connectivity index (χ2v) is 6.84. The van der Waals surface area contributed by atoms with Crippen LogP contribution in [0.3, 0.4) is 0 Å². The van der Waals surface area contributed by atoms with Crippen LogP contribution in [0.5, 0.6) is 0 Å². The van der Waals surface area contributed by atoms with E-state index in [4.69, 9.17) is 4.74 Å². The topological polar surface area (TPSA) is 29.5 Å². The molecule has 0 radical (unpaired) electrons. The normalized spacial score (nSPS) is 34.3. The lowest BCUT2D eigenvalue weighted by molar-refractivity contribution is -0.120. The quantitative estimate of drug-likeness (QED) is 0.717. The first kappa shape index (κ1) is 15.0. The highest BCUT2D eigenvalue weighted by Crippen LogP contribution is 2.38. The number of hydrogen-bond acceptors (Lipinski definition) is 3. The smallest absolute Gasteiger partial charge is 0.127 e. The molecule has 3 heteroatoms. The summed E-state index contributed by atoms with van der Waals surface area (Å²) >= 11 is 0. The number of hydrogen-bond donors (Lipinski definition) is 0. The number of aldehydes is 1. The molecule has 110 valence electrons. The van der Waals surface area contributed by atoms with Gasteiger partial charge >= 0.3 is 0 Å². The molecule has 3 nitrogen and oxygen atoms in total. The van der Waals surface area contributed by atoms with E-state index in [-0.39, 0.29) is 5.41 Å². The van der Waals surface area contributed by atoms with Crippen molar-refractivity contribution in [3.63, 3.8) is 0 Å². The predicted molar refractivity (Wildman–Crippen MR) is 77.2 cm³/mol. The summed E-state index contributed by atoms with van der Waals surface area (Å²) in [5.74, 6) is 1.53. The fourth-order valence-electron chi connectivity index (χ4n) is 3.64. The van der Waals surface area contributed by atoms with Crippen molar-refractivity contribution in [2.24, 2.45) is 17.3 Å². The molecule has 1 aliphatic carbocycles. The number of methoxy groups -OCH3 is 1. The second kappa shape index (κ2) is 6.85. The molecule has 2 fully saturated rings. The minimum absolute atomic E-state index is 0.0411. The zero-order valence-corrected chi connectivity index (χ0v) is 12.6. The Labute approximate surface area is 117 Å². The zero-order chi connectivity index (χ0) is 13.7. The van der Waals surface area contributed by atoms with E-state index in [0.717, 1.165) is 50.9 Å². The maximum Gasteiger partial charge on any atom is 0.127 e. The average molecular weight is 267 g/mol. The van der Waals surface area contributed by atoms with Crippen molar-refractivity contribution in [3.05, 3.63) is 0 Å². The number of nitrogens with zero attached hydrogens (tertiary/aromatic N) is 1. The molecule has 0 bridgehead atoms. The Morgan fingerprint density at radius 1 is 1.21 bits per heavy atom. The Hall–Kier alpha value is -0.410. The highest BCUT2D eigenvalue weighted by molar-refractivity contribution is 5.60. The largest absolute Gasteiger partial charge is 0.384 e. The Bertz CT molecular complexity index is 276. The molecule has 0 aromatic heterocycles. The number of carbonyl (C=O) groups excluding carboxylic acids is 1. The Morgan fingerprint density at radius 2 is 1.84 bits per heavy atom. The third-order valence-corrected chi connectivity index (χ3v) is 5.17. The molecule has 1 heterocycles. The molecule has 1 saturated carbocycles. The van der Waals surface area contributed by atoms with Gasteiger partial charge in [-0.3, -0.25) is 0 Å². The van der Waals surface area contributed by atoms with Crippen molar-refractivity contribution >= 4 is 6.29 Å². The first-order chi connectivity index (χ1) is 9.17.